The third-order valence-electron chi connectivity index (χ3n) is 3.60. The van der Waals surface area contributed by atoms with Gasteiger partial charge in [-0.25, -0.2) is 0 Å². The van der Waals surface area contributed by atoms with Crippen LogP contribution >= 0.6 is 0 Å². The summed E-state index contributed by atoms with van der Waals surface area (Å²) in [5.74, 6) is 0.0617. The maximum absolute atomic E-state index is 12.1. The summed E-state index contributed by atoms with van der Waals surface area (Å²) in [5, 5.41) is 10.3. The Labute approximate surface area is 118 Å². The lowest BCUT2D eigenvalue weighted by Gasteiger charge is -2.25. The zero-order valence-corrected chi connectivity index (χ0v) is 11.2. The highest BCUT2D eigenvalue weighted by molar-refractivity contribution is 5.82. The first-order chi connectivity index (χ1) is 9.83. The molecule has 0 radical (unpaired) electrons. The third-order valence-corrected chi connectivity index (χ3v) is 3.60. The van der Waals surface area contributed by atoms with E-state index in [0.29, 0.717) is 13.1 Å². The van der Waals surface area contributed by atoms with Crippen LogP contribution in [0.5, 0.6) is 0 Å². The summed E-state index contributed by atoms with van der Waals surface area (Å²) in [6.45, 7) is 2.05. The summed E-state index contributed by atoms with van der Waals surface area (Å²) in [6.07, 6.45) is 4.38. The minimum Gasteiger partial charge on any atom is -0.353 e. The van der Waals surface area contributed by atoms with E-state index in [1.807, 2.05) is 29.1 Å². The van der Waals surface area contributed by atoms with Gasteiger partial charge in [0.2, 0.25) is 5.91 Å². The van der Waals surface area contributed by atoms with Crippen molar-refractivity contribution in [2.24, 2.45) is 0 Å². The van der Waals surface area contributed by atoms with E-state index in [1.54, 1.807) is 6.20 Å². The number of hydrogen-bond donors (Lipinski definition) is 2. The van der Waals surface area contributed by atoms with Gasteiger partial charge >= 0.3 is 0 Å². The molecule has 2 heterocycles. The van der Waals surface area contributed by atoms with Crippen molar-refractivity contribution in [3.63, 3.8) is 0 Å². The van der Waals surface area contributed by atoms with E-state index in [1.165, 1.54) is 11.1 Å². The molecule has 5 nitrogen and oxygen atoms in total. The van der Waals surface area contributed by atoms with Crippen LogP contribution in [0.1, 0.15) is 11.1 Å². The molecular formula is C15H18N4O. The molecule has 0 bridgehead atoms. The van der Waals surface area contributed by atoms with Crippen LogP contribution < -0.4 is 10.6 Å². The van der Waals surface area contributed by atoms with Crippen molar-refractivity contribution >= 4 is 5.91 Å². The number of aromatic nitrogens is 2. The van der Waals surface area contributed by atoms with E-state index in [2.05, 4.69) is 27.9 Å². The Hall–Kier alpha value is -2.14. The van der Waals surface area contributed by atoms with Crippen molar-refractivity contribution in [3.8, 4) is 0 Å². The second-order valence-corrected chi connectivity index (χ2v) is 4.97. The minimum absolute atomic E-state index is 0.0617. The lowest BCUT2D eigenvalue weighted by molar-refractivity contribution is -0.123. The van der Waals surface area contributed by atoms with E-state index >= 15 is 0 Å². The van der Waals surface area contributed by atoms with Crippen LogP contribution in [-0.2, 0) is 24.3 Å². The Morgan fingerprint density at radius 1 is 1.35 bits per heavy atom. The van der Waals surface area contributed by atoms with Crippen molar-refractivity contribution in [1.82, 2.24) is 20.4 Å². The molecular weight excluding hydrogens is 252 g/mol. The van der Waals surface area contributed by atoms with E-state index in [9.17, 15) is 4.79 Å². The SMILES string of the molecule is O=C(NCCn1cccn1)[C@@H]1Cc2ccccc2CN1. The lowest BCUT2D eigenvalue weighted by atomic mass is 9.95. The Balaban J connectivity index is 1.51. The van der Waals surface area contributed by atoms with Gasteiger partial charge in [0.05, 0.1) is 12.6 Å². The number of rotatable bonds is 4. The number of hydrogen-bond acceptors (Lipinski definition) is 3. The molecule has 0 spiro atoms. The molecule has 1 atom stereocenters. The molecule has 2 aromatic rings. The quantitative estimate of drug-likeness (QED) is 0.860. The van der Waals surface area contributed by atoms with Crippen molar-refractivity contribution < 1.29 is 4.79 Å². The average Bonchev–Trinajstić information content (AvgIpc) is 3.00. The lowest BCUT2D eigenvalue weighted by Crippen LogP contribution is -2.48. The number of carbonyl (C=O) groups excluding carboxylic acids is 1. The van der Waals surface area contributed by atoms with Crippen LogP contribution in [0.2, 0.25) is 0 Å². The standard InChI is InChI=1S/C15H18N4O/c20-15(16-7-9-19-8-3-6-18-19)14-10-12-4-1-2-5-13(12)11-17-14/h1-6,8,14,17H,7,9-11H2,(H,16,20)/t14-/m0/s1. The normalized spacial score (nSPS) is 17.5. The number of carbonyl (C=O) groups is 1. The van der Waals surface area contributed by atoms with Gasteiger partial charge in [-0.05, 0) is 23.6 Å². The Morgan fingerprint density at radius 3 is 3.00 bits per heavy atom. The molecule has 0 aliphatic carbocycles. The summed E-state index contributed by atoms with van der Waals surface area (Å²) < 4.78 is 1.81. The average molecular weight is 270 g/mol. The maximum atomic E-state index is 12.1. The Bertz CT molecular complexity index is 579. The summed E-state index contributed by atoms with van der Waals surface area (Å²) in [4.78, 5) is 12.1. The van der Waals surface area contributed by atoms with Crippen LogP contribution in [0.25, 0.3) is 0 Å². The fourth-order valence-corrected chi connectivity index (χ4v) is 2.49. The van der Waals surface area contributed by atoms with Crippen LogP contribution in [0.4, 0.5) is 0 Å². The van der Waals surface area contributed by atoms with Crippen molar-refractivity contribution in [1.29, 1.82) is 0 Å². The second-order valence-electron chi connectivity index (χ2n) is 4.97. The van der Waals surface area contributed by atoms with Gasteiger partial charge < -0.3 is 10.6 Å². The van der Waals surface area contributed by atoms with Gasteiger partial charge in [-0.1, -0.05) is 24.3 Å². The molecule has 3 rings (SSSR count). The predicted molar refractivity (Wildman–Crippen MR) is 76.0 cm³/mol. The molecule has 0 saturated heterocycles. The minimum atomic E-state index is -0.137. The van der Waals surface area contributed by atoms with Gasteiger partial charge in [0.1, 0.15) is 0 Å². The highest BCUT2D eigenvalue weighted by atomic mass is 16.2. The van der Waals surface area contributed by atoms with E-state index in [0.717, 1.165) is 13.0 Å². The smallest absolute Gasteiger partial charge is 0.237 e. The first-order valence-electron chi connectivity index (χ1n) is 6.88. The molecule has 1 aliphatic heterocycles. The largest absolute Gasteiger partial charge is 0.353 e. The Kier molecular flexibility index (Phi) is 3.78. The number of benzene rings is 1. The summed E-state index contributed by atoms with van der Waals surface area (Å²) in [7, 11) is 0. The van der Waals surface area contributed by atoms with Crippen molar-refractivity contribution in [3.05, 3.63) is 53.9 Å². The zero-order valence-electron chi connectivity index (χ0n) is 11.2. The number of fused-ring (bicyclic) bond motifs is 1. The highest BCUT2D eigenvalue weighted by Crippen LogP contribution is 2.16. The monoisotopic (exact) mass is 270 g/mol. The van der Waals surface area contributed by atoms with Crippen LogP contribution in [-0.4, -0.2) is 28.3 Å². The topological polar surface area (TPSA) is 59.0 Å². The van der Waals surface area contributed by atoms with Crippen LogP contribution in [0.3, 0.4) is 0 Å². The molecule has 1 amide bonds. The highest BCUT2D eigenvalue weighted by Gasteiger charge is 2.23. The fraction of sp³-hybridized carbons (Fsp3) is 0.333. The van der Waals surface area contributed by atoms with Crippen molar-refractivity contribution in [2.75, 3.05) is 6.54 Å². The molecule has 2 N–H and O–H groups in total. The summed E-state index contributed by atoms with van der Waals surface area (Å²) in [6, 6.07) is 10.00. The Morgan fingerprint density at radius 2 is 2.20 bits per heavy atom. The van der Waals surface area contributed by atoms with Gasteiger partial charge in [-0.3, -0.25) is 9.48 Å². The summed E-state index contributed by atoms with van der Waals surface area (Å²) >= 11 is 0. The number of nitrogens with zero attached hydrogens (tertiary/aromatic N) is 2. The van der Waals surface area contributed by atoms with Crippen LogP contribution in [0, 0.1) is 0 Å². The van der Waals surface area contributed by atoms with Gasteiger partial charge in [-0.2, -0.15) is 5.10 Å². The first-order valence-corrected chi connectivity index (χ1v) is 6.88. The molecule has 104 valence electrons. The number of amides is 1. The van der Waals surface area contributed by atoms with Gasteiger partial charge in [0.25, 0.3) is 0 Å². The number of nitrogens with one attached hydrogen (secondary N) is 2. The van der Waals surface area contributed by atoms with Gasteiger partial charge in [0, 0.05) is 25.5 Å². The molecule has 1 aromatic heterocycles. The zero-order chi connectivity index (χ0) is 13.8. The van der Waals surface area contributed by atoms with E-state index < -0.39 is 0 Å². The maximum Gasteiger partial charge on any atom is 0.237 e. The molecule has 0 saturated carbocycles. The van der Waals surface area contributed by atoms with Gasteiger partial charge in [-0.15, -0.1) is 0 Å². The molecule has 0 unspecified atom stereocenters. The molecule has 1 aliphatic rings. The first kappa shape index (κ1) is 12.9. The molecule has 20 heavy (non-hydrogen) atoms. The predicted octanol–water partition coefficient (Wildman–Crippen LogP) is 0.714. The second kappa shape index (κ2) is 5.88. The molecule has 0 fully saturated rings. The third kappa shape index (κ3) is 2.88. The van der Waals surface area contributed by atoms with Crippen molar-refractivity contribution in [2.45, 2.75) is 25.6 Å². The molecule has 5 heteroatoms. The van der Waals surface area contributed by atoms with Gasteiger partial charge in [0.15, 0.2) is 0 Å². The fourth-order valence-electron chi connectivity index (χ4n) is 2.49. The summed E-state index contributed by atoms with van der Waals surface area (Å²) in [5.41, 5.74) is 2.55. The van der Waals surface area contributed by atoms with E-state index in [-0.39, 0.29) is 11.9 Å². The van der Waals surface area contributed by atoms with E-state index in [4.69, 9.17) is 0 Å². The van der Waals surface area contributed by atoms with Crippen LogP contribution in [0.15, 0.2) is 42.7 Å². The molecule has 1 aromatic carbocycles.